The largest absolute Gasteiger partial charge is 0.392 e. The van der Waals surface area contributed by atoms with Crippen molar-refractivity contribution >= 4 is 11.8 Å². The van der Waals surface area contributed by atoms with Gasteiger partial charge in [-0.2, -0.15) is 11.8 Å². The Balaban J connectivity index is 2.41. The number of thioether (sulfide) groups is 1. The zero-order valence-corrected chi connectivity index (χ0v) is 12.1. The van der Waals surface area contributed by atoms with Crippen LogP contribution in [0.1, 0.15) is 59.8 Å². The van der Waals surface area contributed by atoms with E-state index in [1.807, 2.05) is 11.8 Å². The maximum atomic E-state index is 10.3. The van der Waals surface area contributed by atoms with Crippen LogP contribution in [0.2, 0.25) is 0 Å². The maximum Gasteiger partial charge on any atom is 0.0661 e. The lowest BCUT2D eigenvalue weighted by Crippen LogP contribution is -2.33. The molecule has 1 N–H and O–H groups in total. The van der Waals surface area contributed by atoms with Crippen LogP contribution < -0.4 is 0 Å². The van der Waals surface area contributed by atoms with Crippen LogP contribution in [0.25, 0.3) is 0 Å². The SMILES string of the molecule is CCC1CCCCC1C(O)CSC(C)(C)C. The van der Waals surface area contributed by atoms with E-state index in [0.29, 0.717) is 5.92 Å². The highest BCUT2D eigenvalue weighted by Crippen LogP contribution is 2.36. The molecule has 3 unspecified atom stereocenters. The molecule has 2 heteroatoms. The second-order valence-corrected chi connectivity index (χ2v) is 7.95. The van der Waals surface area contributed by atoms with Crippen LogP contribution in [0.15, 0.2) is 0 Å². The molecule has 1 saturated carbocycles. The average molecular weight is 244 g/mol. The molecule has 0 bridgehead atoms. The van der Waals surface area contributed by atoms with Crippen molar-refractivity contribution in [1.29, 1.82) is 0 Å². The molecule has 0 aromatic carbocycles. The van der Waals surface area contributed by atoms with Crippen molar-refractivity contribution in [2.24, 2.45) is 11.8 Å². The summed E-state index contributed by atoms with van der Waals surface area (Å²) in [6, 6.07) is 0. The molecule has 0 saturated heterocycles. The van der Waals surface area contributed by atoms with Crippen LogP contribution >= 0.6 is 11.8 Å². The summed E-state index contributed by atoms with van der Waals surface area (Å²) < 4.78 is 0.275. The van der Waals surface area contributed by atoms with Gasteiger partial charge in [-0.25, -0.2) is 0 Å². The van der Waals surface area contributed by atoms with Crippen LogP contribution in [0.4, 0.5) is 0 Å². The van der Waals surface area contributed by atoms with E-state index in [1.54, 1.807) is 0 Å². The van der Waals surface area contributed by atoms with Crippen LogP contribution in [0.3, 0.4) is 0 Å². The summed E-state index contributed by atoms with van der Waals surface area (Å²) in [5.41, 5.74) is 0. The lowest BCUT2D eigenvalue weighted by Gasteiger charge is -2.35. The number of aliphatic hydroxyl groups is 1. The van der Waals surface area contributed by atoms with Gasteiger partial charge < -0.3 is 5.11 Å². The summed E-state index contributed by atoms with van der Waals surface area (Å²) >= 11 is 1.90. The molecule has 1 aliphatic rings. The topological polar surface area (TPSA) is 20.2 Å². The summed E-state index contributed by atoms with van der Waals surface area (Å²) in [5.74, 6) is 2.24. The fourth-order valence-electron chi connectivity index (χ4n) is 2.71. The Hall–Kier alpha value is 0.310. The van der Waals surface area contributed by atoms with Gasteiger partial charge in [0.2, 0.25) is 0 Å². The van der Waals surface area contributed by atoms with Gasteiger partial charge in [0.05, 0.1) is 6.10 Å². The Kier molecular flexibility index (Phi) is 5.66. The van der Waals surface area contributed by atoms with Crippen molar-refractivity contribution in [3.05, 3.63) is 0 Å². The third-order valence-electron chi connectivity index (χ3n) is 3.67. The van der Waals surface area contributed by atoms with Crippen LogP contribution in [-0.4, -0.2) is 21.7 Å². The first kappa shape index (κ1) is 14.4. The van der Waals surface area contributed by atoms with Crippen molar-refractivity contribution in [2.75, 3.05) is 5.75 Å². The molecule has 1 aliphatic carbocycles. The van der Waals surface area contributed by atoms with Gasteiger partial charge in [0.1, 0.15) is 0 Å². The zero-order chi connectivity index (χ0) is 12.2. The molecule has 0 heterocycles. The standard InChI is InChI=1S/C14H28OS/c1-5-11-8-6-7-9-12(11)13(15)10-16-14(2,3)4/h11-13,15H,5-10H2,1-4H3. The predicted octanol–water partition coefficient (Wildman–Crippen LogP) is 4.10. The van der Waals surface area contributed by atoms with Gasteiger partial charge in [-0.05, 0) is 18.3 Å². The highest BCUT2D eigenvalue weighted by Gasteiger charge is 2.30. The lowest BCUT2D eigenvalue weighted by atomic mass is 9.75. The number of aliphatic hydroxyl groups excluding tert-OH is 1. The van der Waals surface area contributed by atoms with Crippen molar-refractivity contribution in [1.82, 2.24) is 0 Å². The summed E-state index contributed by atoms with van der Waals surface area (Å²) in [7, 11) is 0. The van der Waals surface area contributed by atoms with Gasteiger partial charge in [-0.1, -0.05) is 53.4 Å². The Labute approximate surface area is 105 Å². The van der Waals surface area contributed by atoms with E-state index in [4.69, 9.17) is 0 Å². The Bertz CT molecular complexity index is 197. The lowest BCUT2D eigenvalue weighted by molar-refractivity contribution is 0.0627. The molecule has 0 aromatic heterocycles. The summed E-state index contributed by atoms with van der Waals surface area (Å²) in [6.45, 7) is 8.94. The first-order valence-corrected chi connectivity index (χ1v) is 7.74. The molecule has 0 aromatic rings. The predicted molar refractivity (Wildman–Crippen MR) is 74.0 cm³/mol. The summed E-state index contributed by atoms with van der Waals surface area (Å²) in [5, 5.41) is 10.3. The molecular weight excluding hydrogens is 216 g/mol. The second kappa shape index (κ2) is 6.30. The minimum absolute atomic E-state index is 0.0884. The van der Waals surface area contributed by atoms with E-state index in [9.17, 15) is 5.11 Å². The third-order valence-corrected chi connectivity index (χ3v) is 5.05. The highest BCUT2D eigenvalue weighted by atomic mass is 32.2. The molecule has 1 fully saturated rings. The fraction of sp³-hybridized carbons (Fsp3) is 1.00. The maximum absolute atomic E-state index is 10.3. The van der Waals surface area contributed by atoms with Gasteiger partial charge in [-0.15, -0.1) is 0 Å². The monoisotopic (exact) mass is 244 g/mol. The molecule has 16 heavy (non-hydrogen) atoms. The average Bonchev–Trinajstić information content (AvgIpc) is 2.25. The number of hydrogen-bond acceptors (Lipinski definition) is 2. The second-order valence-electron chi connectivity index (χ2n) is 6.11. The summed E-state index contributed by atoms with van der Waals surface area (Å²) in [4.78, 5) is 0. The minimum Gasteiger partial charge on any atom is -0.392 e. The molecule has 0 aliphatic heterocycles. The van der Waals surface area contributed by atoms with Gasteiger partial charge in [0, 0.05) is 10.5 Å². The van der Waals surface area contributed by atoms with Gasteiger partial charge in [-0.3, -0.25) is 0 Å². The van der Waals surface area contributed by atoms with E-state index in [1.165, 1.54) is 32.1 Å². The quantitative estimate of drug-likeness (QED) is 0.803. The smallest absolute Gasteiger partial charge is 0.0661 e. The van der Waals surface area contributed by atoms with Crippen molar-refractivity contribution in [3.63, 3.8) is 0 Å². The van der Waals surface area contributed by atoms with Crippen LogP contribution in [0, 0.1) is 11.8 Å². The normalized spacial score (nSPS) is 29.1. The van der Waals surface area contributed by atoms with Crippen LogP contribution in [-0.2, 0) is 0 Å². The molecule has 0 spiro atoms. The number of hydrogen-bond donors (Lipinski definition) is 1. The van der Waals surface area contributed by atoms with Crippen molar-refractivity contribution in [3.8, 4) is 0 Å². The third kappa shape index (κ3) is 4.67. The van der Waals surface area contributed by atoms with Crippen molar-refractivity contribution < 1.29 is 5.11 Å². The molecule has 1 rings (SSSR count). The molecule has 0 radical (unpaired) electrons. The van der Waals surface area contributed by atoms with E-state index < -0.39 is 0 Å². The van der Waals surface area contributed by atoms with E-state index >= 15 is 0 Å². The molecule has 3 atom stereocenters. The summed E-state index contributed by atoms with van der Waals surface area (Å²) in [6.07, 6.45) is 6.41. The molecule has 0 amide bonds. The molecule has 96 valence electrons. The van der Waals surface area contributed by atoms with Gasteiger partial charge in [0.15, 0.2) is 0 Å². The van der Waals surface area contributed by atoms with Gasteiger partial charge >= 0.3 is 0 Å². The van der Waals surface area contributed by atoms with E-state index in [0.717, 1.165) is 11.7 Å². The Morgan fingerprint density at radius 1 is 1.25 bits per heavy atom. The first-order valence-electron chi connectivity index (χ1n) is 6.76. The minimum atomic E-state index is -0.0884. The van der Waals surface area contributed by atoms with E-state index in [-0.39, 0.29) is 10.9 Å². The molecular formula is C14H28OS. The van der Waals surface area contributed by atoms with Gasteiger partial charge in [0.25, 0.3) is 0 Å². The number of rotatable bonds is 4. The fourth-order valence-corrected chi connectivity index (χ4v) is 3.63. The Morgan fingerprint density at radius 3 is 2.44 bits per heavy atom. The van der Waals surface area contributed by atoms with Crippen LogP contribution in [0.5, 0.6) is 0 Å². The van der Waals surface area contributed by atoms with Crippen molar-refractivity contribution in [2.45, 2.75) is 70.7 Å². The Morgan fingerprint density at radius 2 is 1.88 bits per heavy atom. The highest BCUT2D eigenvalue weighted by molar-refractivity contribution is 8.00. The first-order chi connectivity index (χ1) is 7.44. The molecule has 1 nitrogen and oxygen atoms in total. The zero-order valence-electron chi connectivity index (χ0n) is 11.3. The van der Waals surface area contributed by atoms with E-state index in [2.05, 4.69) is 27.7 Å².